The van der Waals surface area contributed by atoms with Crippen LogP contribution in [0.3, 0.4) is 0 Å². The summed E-state index contributed by atoms with van der Waals surface area (Å²) in [5.74, 6) is -9.70. The van der Waals surface area contributed by atoms with E-state index in [9.17, 15) is 22.4 Å². The number of aromatic nitrogens is 1. The summed E-state index contributed by atoms with van der Waals surface area (Å²) < 4.78 is 66.7. The smallest absolute Gasteiger partial charge is 0.261 e. The zero-order valence-corrected chi connectivity index (χ0v) is 18.9. The number of oxazole rings is 1. The lowest BCUT2D eigenvalue weighted by Gasteiger charge is -2.12. The van der Waals surface area contributed by atoms with Crippen molar-refractivity contribution in [2.24, 2.45) is 0 Å². The molecule has 3 aromatic carbocycles. The Bertz CT molecular complexity index is 1410. The molecule has 0 aliphatic carbocycles. The van der Waals surface area contributed by atoms with Gasteiger partial charge in [-0.25, -0.2) is 13.8 Å². The molecule has 0 fully saturated rings. The van der Waals surface area contributed by atoms with Crippen LogP contribution >= 0.6 is 11.6 Å². The third-order valence-corrected chi connectivity index (χ3v) is 5.52. The molecule has 0 atom stereocenters. The number of nitrogens with one attached hydrogen (secondary N) is 1. The molecule has 0 saturated carbocycles. The van der Waals surface area contributed by atoms with Gasteiger partial charge in [0.15, 0.2) is 23.0 Å². The highest BCUT2D eigenvalue weighted by molar-refractivity contribution is 6.34. The average molecular weight is 493 g/mol. The van der Waals surface area contributed by atoms with Crippen molar-refractivity contribution in [3.63, 3.8) is 0 Å². The summed E-state index contributed by atoms with van der Waals surface area (Å²) >= 11 is 6.12. The van der Waals surface area contributed by atoms with E-state index in [1.807, 2.05) is 26.0 Å². The van der Waals surface area contributed by atoms with E-state index >= 15 is 0 Å². The lowest BCUT2D eigenvalue weighted by molar-refractivity contribution is 0.101. The van der Waals surface area contributed by atoms with Crippen molar-refractivity contribution in [1.29, 1.82) is 0 Å². The molecule has 1 N–H and O–H groups in total. The fourth-order valence-electron chi connectivity index (χ4n) is 3.36. The lowest BCUT2D eigenvalue weighted by atomic mass is 10.0. The molecule has 4 aromatic rings. The van der Waals surface area contributed by atoms with Gasteiger partial charge in [-0.05, 0) is 41.8 Å². The van der Waals surface area contributed by atoms with Crippen molar-refractivity contribution in [1.82, 2.24) is 4.98 Å². The number of halogens is 5. The quantitative estimate of drug-likeness (QED) is 0.238. The Morgan fingerprint density at radius 2 is 1.71 bits per heavy atom. The van der Waals surface area contributed by atoms with E-state index in [-0.39, 0.29) is 22.5 Å². The van der Waals surface area contributed by atoms with Crippen LogP contribution < -0.4 is 10.1 Å². The molecule has 1 amide bonds. The number of anilines is 1. The maximum Gasteiger partial charge on any atom is 0.261 e. The SMILES string of the molecule is COc1c(F)c(F)c(C(=O)Nc2cc(-c3nc4cc(C(C)C)ccc4o3)ccc2Cl)c(F)c1F. The number of fused-ring (bicyclic) bond motifs is 1. The second-order valence-corrected chi connectivity index (χ2v) is 8.12. The second kappa shape index (κ2) is 8.98. The van der Waals surface area contributed by atoms with Gasteiger partial charge in [0.2, 0.25) is 17.5 Å². The van der Waals surface area contributed by atoms with Gasteiger partial charge in [0.1, 0.15) is 11.1 Å². The van der Waals surface area contributed by atoms with Gasteiger partial charge < -0.3 is 14.5 Å². The molecule has 1 heterocycles. The number of methoxy groups -OCH3 is 1. The summed E-state index contributed by atoms with van der Waals surface area (Å²) in [6.45, 7) is 4.09. The van der Waals surface area contributed by atoms with Crippen molar-refractivity contribution < 1.29 is 31.5 Å². The molecule has 34 heavy (non-hydrogen) atoms. The fraction of sp³-hybridized carbons (Fsp3) is 0.167. The van der Waals surface area contributed by atoms with Gasteiger partial charge >= 0.3 is 0 Å². The molecule has 0 saturated heterocycles. The Hall–Kier alpha value is -3.59. The number of benzene rings is 3. The van der Waals surface area contributed by atoms with Crippen LogP contribution in [0.2, 0.25) is 5.02 Å². The van der Waals surface area contributed by atoms with Crippen LogP contribution in [0.25, 0.3) is 22.6 Å². The molecular formula is C24H17ClF4N2O3. The van der Waals surface area contributed by atoms with Gasteiger partial charge in [0, 0.05) is 5.56 Å². The number of carbonyl (C=O) groups excluding carboxylic acids is 1. The number of hydrogen-bond acceptors (Lipinski definition) is 4. The summed E-state index contributed by atoms with van der Waals surface area (Å²) in [6, 6.07) is 9.94. The molecule has 176 valence electrons. The van der Waals surface area contributed by atoms with E-state index in [2.05, 4.69) is 15.0 Å². The van der Waals surface area contributed by atoms with Crippen LogP contribution in [0.1, 0.15) is 35.7 Å². The van der Waals surface area contributed by atoms with Crippen LogP contribution in [0.4, 0.5) is 23.2 Å². The molecule has 0 spiro atoms. The molecule has 10 heteroatoms. The Morgan fingerprint density at radius 3 is 2.32 bits per heavy atom. The molecule has 0 radical (unpaired) electrons. The highest BCUT2D eigenvalue weighted by atomic mass is 35.5. The summed E-state index contributed by atoms with van der Waals surface area (Å²) in [5.41, 5.74) is 1.09. The third kappa shape index (κ3) is 4.07. The van der Waals surface area contributed by atoms with Crippen molar-refractivity contribution in [3.8, 4) is 17.2 Å². The first-order valence-electron chi connectivity index (χ1n) is 10.0. The second-order valence-electron chi connectivity index (χ2n) is 7.71. The maximum atomic E-state index is 14.3. The average Bonchev–Trinajstić information content (AvgIpc) is 3.23. The molecular weight excluding hydrogens is 476 g/mol. The van der Waals surface area contributed by atoms with Crippen molar-refractivity contribution in [2.75, 3.05) is 12.4 Å². The van der Waals surface area contributed by atoms with Crippen LogP contribution in [-0.2, 0) is 0 Å². The normalized spacial score (nSPS) is 11.3. The predicted molar refractivity (Wildman–Crippen MR) is 119 cm³/mol. The zero-order chi connectivity index (χ0) is 24.7. The lowest BCUT2D eigenvalue weighted by Crippen LogP contribution is -2.19. The van der Waals surface area contributed by atoms with E-state index < -0.39 is 40.5 Å². The van der Waals surface area contributed by atoms with Crippen LogP contribution in [-0.4, -0.2) is 18.0 Å². The predicted octanol–water partition coefficient (Wildman–Crippen LogP) is 7.09. The minimum Gasteiger partial charge on any atom is -0.491 e. The van der Waals surface area contributed by atoms with Gasteiger partial charge in [0.05, 0.1) is 17.8 Å². The maximum absolute atomic E-state index is 14.3. The van der Waals surface area contributed by atoms with Crippen molar-refractivity contribution >= 4 is 34.3 Å². The standard InChI is InChI=1S/C24H17ClF4N2O3/c1-10(2)11-5-7-16-15(8-11)31-24(34-16)12-4-6-13(25)14(9-12)30-23(32)17-18(26)20(28)22(33-3)21(29)19(17)27/h4-10H,1-3H3,(H,30,32). The highest BCUT2D eigenvalue weighted by Gasteiger charge is 2.30. The molecule has 0 aliphatic heterocycles. The topological polar surface area (TPSA) is 64.4 Å². The first kappa shape index (κ1) is 23.6. The van der Waals surface area contributed by atoms with Crippen LogP contribution in [0.15, 0.2) is 40.8 Å². The molecule has 0 unspecified atom stereocenters. The van der Waals surface area contributed by atoms with Gasteiger partial charge in [-0.3, -0.25) is 4.79 Å². The first-order chi connectivity index (χ1) is 16.1. The van der Waals surface area contributed by atoms with Crippen molar-refractivity contribution in [2.45, 2.75) is 19.8 Å². The number of nitrogens with zero attached hydrogens (tertiary/aromatic N) is 1. The van der Waals surface area contributed by atoms with Gasteiger partial charge in [-0.2, -0.15) is 8.78 Å². The summed E-state index contributed by atoms with van der Waals surface area (Å²) in [7, 11) is 0.834. The Balaban J connectivity index is 1.70. The van der Waals surface area contributed by atoms with Gasteiger partial charge in [-0.1, -0.05) is 31.5 Å². The van der Waals surface area contributed by atoms with Crippen LogP contribution in [0.5, 0.6) is 5.75 Å². The zero-order valence-electron chi connectivity index (χ0n) is 18.1. The molecule has 5 nitrogen and oxygen atoms in total. The minimum absolute atomic E-state index is 0.00516. The highest BCUT2D eigenvalue weighted by Crippen LogP contribution is 2.33. The molecule has 1 aromatic heterocycles. The van der Waals surface area contributed by atoms with E-state index in [0.29, 0.717) is 16.7 Å². The molecule has 0 bridgehead atoms. The van der Waals surface area contributed by atoms with E-state index in [0.717, 1.165) is 12.7 Å². The van der Waals surface area contributed by atoms with Crippen molar-refractivity contribution in [3.05, 3.63) is 75.8 Å². The Morgan fingerprint density at radius 1 is 1.03 bits per heavy atom. The first-order valence-corrected chi connectivity index (χ1v) is 10.4. The third-order valence-electron chi connectivity index (χ3n) is 5.19. The number of amides is 1. The van der Waals surface area contributed by atoms with E-state index in [4.69, 9.17) is 16.0 Å². The van der Waals surface area contributed by atoms with Crippen LogP contribution in [0, 0.1) is 23.3 Å². The van der Waals surface area contributed by atoms with Gasteiger partial charge in [0.25, 0.3) is 5.91 Å². The van der Waals surface area contributed by atoms with Gasteiger partial charge in [-0.15, -0.1) is 0 Å². The summed E-state index contributed by atoms with van der Waals surface area (Å²) in [5, 5.41) is 2.18. The number of hydrogen-bond donors (Lipinski definition) is 1. The summed E-state index contributed by atoms with van der Waals surface area (Å²) in [6.07, 6.45) is 0. The molecule has 4 rings (SSSR count). The number of ether oxygens (including phenoxy) is 1. The largest absolute Gasteiger partial charge is 0.491 e. The Kier molecular flexibility index (Phi) is 6.22. The van der Waals surface area contributed by atoms with E-state index in [1.165, 1.54) is 12.1 Å². The van der Waals surface area contributed by atoms with E-state index in [1.54, 1.807) is 12.1 Å². The monoisotopic (exact) mass is 492 g/mol. The number of carbonyl (C=O) groups is 1. The number of rotatable bonds is 5. The fourth-order valence-corrected chi connectivity index (χ4v) is 3.52. The molecule has 0 aliphatic rings. The minimum atomic E-state index is -1.90. The Labute approximate surface area is 196 Å². The summed E-state index contributed by atoms with van der Waals surface area (Å²) in [4.78, 5) is 17.0.